The lowest BCUT2D eigenvalue weighted by molar-refractivity contribution is -0.116. The van der Waals surface area contributed by atoms with E-state index < -0.39 is 6.04 Å². The molecule has 2 N–H and O–H groups in total. The number of carbonyl (C=O) groups is 1. The number of carbonyl (C=O) groups excluding carboxylic acids is 1. The minimum absolute atomic E-state index is 0.165. The molecule has 150 valence electrons. The maximum atomic E-state index is 12.6. The summed E-state index contributed by atoms with van der Waals surface area (Å²) in [4.78, 5) is 12.6. The van der Waals surface area contributed by atoms with E-state index in [4.69, 9.17) is 14.2 Å². The van der Waals surface area contributed by atoms with Crippen LogP contribution in [0.25, 0.3) is 0 Å². The van der Waals surface area contributed by atoms with Gasteiger partial charge in [-0.15, -0.1) is 0 Å². The number of amides is 1. The van der Waals surface area contributed by atoms with Crippen molar-refractivity contribution in [2.24, 2.45) is 5.92 Å². The molecule has 1 fully saturated rings. The Labute approximate surface area is 166 Å². The van der Waals surface area contributed by atoms with Gasteiger partial charge in [0.1, 0.15) is 17.5 Å². The van der Waals surface area contributed by atoms with Crippen molar-refractivity contribution in [2.75, 3.05) is 31.5 Å². The van der Waals surface area contributed by atoms with Crippen LogP contribution in [0.1, 0.15) is 25.3 Å². The lowest BCUT2D eigenvalue weighted by Crippen LogP contribution is -2.32. The van der Waals surface area contributed by atoms with Crippen molar-refractivity contribution in [1.82, 2.24) is 0 Å². The molecule has 1 aliphatic carbocycles. The summed E-state index contributed by atoms with van der Waals surface area (Å²) < 4.78 is 16.3. The molecule has 0 aromatic heterocycles. The van der Waals surface area contributed by atoms with Gasteiger partial charge in [0.05, 0.1) is 26.5 Å². The topological polar surface area (TPSA) is 68.8 Å². The Hall–Kier alpha value is -2.73. The highest BCUT2D eigenvalue weighted by Gasteiger charge is 2.21. The molecule has 6 heteroatoms. The molecule has 0 spiro atoms. The van der Waals surface area contributed by atoms with Crippen LogP contribution < -0.4 is 20.1 Å². The van der Waals surface area contributed by atoms with E-state index in [0.717, 1.165) is 23.8 Å². The second-order valence-electron chi connectivity index (χ2n) is 7.08. The first-order chi connectivity index (χ1) is 13.6. The van der Waals surface area contributed by atoms with E-state index in [1.807, 2.05) is 31.2 Å². The Morgan fingerprint density at radius 2 is 1.96 bits per heavy atom. The first-order valence-corrected chi connectivity index (χ1v) is 9.55. The van der Waals surface area contributed by atoms with E-state index >= 15 is 0 Å². The maximum absolute atomic E-state index is 12.6. The minimum atomic E-state index is -0.432. The van der Waals surface area contributed by atoms with Crippen LogP contribution in [0, 0.1) is 5.92 Å². The van der Waals surface area contributed by atoms with E-state index in [0.29, 0.717) is 23.8 Å². The van der Waals surface area contributed by atoms with Crippen LogP contribution in [-0.2, 0) is 16.1 Å². The highest BCUT2D eigenvalue weighted by Crippen LogP contribution is 2.30. The summed E-state index contributed by atoms with van der Waals surface area (Å²) in [7, 11) is 3.15. The van der Waals surface area contributed by atoms with Gasteiger partial charge in [-0.05, 0) is 55.5 Å². The molecule has 28 heavy (non-hydrogen) atoms. The van der Waals surface area contributed by atoms with Gasteiger partial charge in [0, 0.05) is 18.4 Å². The van der Waals surface area contributed by atoms with Crippen molar-refractivity contribution >= 4 is 17.3 Å². The molecule has 1 atom stereocenters. The zero-order chi connectivity index (χ0) is 19.9. The second-order valence-corrected chi connectivity index (χ2v) is 7.08. The molecule has 1 unspecified atom stereocenters. The number of hydrogen-bond acceptors (Lipinski definition) is 5. The molecular formula is C22H28N2O4. The zero-order valence-electron chi connectivity index (χ0n) is 16.7. The molecule has 0 bridgehead atoms. The molecule has 0 saturated heterocycles. The summed E-state index contributed by atoms with van der Waals surface area (Å²) in [5.74, 6) is 1.81. The van der Waals surface area contributed by atoms with Crippen LogP contribution in [0.15, 0.2) is 42.5 Å². The minimum Gasteiger partial charge on any atom is -0.497 e. The number of nitrogens with one attached hydrogen (secondary N) is 2. The van der Waals surface area contributed by atoms with Crippen LogP contribution in [0.3, 0.4) is 0 Å². The molecule has 2 aromatic carbocycles. The quantitative estimate of drug-likeness (QED) is 0.646. The summed E-state index contributed by atoms with van der Waals surface area (Å²) in [5.41, 5.74) is 2.54. The number of anilines is 2. The predicted molar refractivity (Wildman–Crippen MR) is 110 cm³/mol. The van der Waals surface area contributed by atoms with Crippen molar-refractivity contribution in [3.05, 3.63) is 48.0 Å². The molecule has 2 aromatic rings. The van der Waals surface area contributed by atoms with Crippen LogP contribution in [0.4, 0.5) is 11.4 Å². The molecule has 0 aliphatic heterocycles. The first kappa shape index (κ1) is 20.0. The molecule has 3 rings (SSSR count). The van der Waals surface area contributed by atoms with Crippen molar-refractivity contribution in [3.8, 4) is 11.5 Å². The maximum Gasteiger partial charge on any atom is 0.246 e. The molecule has 1 saturated carbocycles. The fraction of sp³-hybridized carbons (Fsp3) is 0.409. The first-order valence-electron chi connectivity index (χ1n) is 9.55. The molecular weight excluding hydrogens is 356 g/mol. The average molecular weight is 384 g/mol. The van der Waals surface area contributed by atoms with Crippen LogP contribution in [-0.4, -0.2) is 32.8 Å². The smallest absolute Gasteiger partial charge is 0.246 e. The number of benzene rings is 2. The van der Waals surface area contributed by atoms with E-state index in [2.05, 4.69) is 10.6 Å². The lowest BCUT2D eigenvalue weighted by atomic mass is 10.2. The Balaban J connectivity index is 1.58. The Morgan fingerprint density at radius 1 is 1.14 bits per heavy atom. The largest absolute Gasteiger partial charge is 0.497 e. The van der Waals surface area contributed by atoms with Gasteiger partial charge in [0.2, 0.25) is 5.91 Å². The van der Waals surface area contributed by atoms with Gasteiger partial charge >= 0.3 is 0 Å². The van der Waals surface area contributed by atoms with Crippen LogP contribution >= 0.6 is 0 Å². The third-order valence-electron chi connectivity index (χ3n) is 4.69. The Kier molecular flexibility index (Phi) is 6.76. The lowest BCUT2D eigenvalue weighted by Gasteiger charge is -2.17. The Bertz CT molecular complexity index is 805. The summed E-state index contributed by atoms with van der Waals surface area (Å²) in [6, 6.07) is 12.8. The van der Waals surface area contributed by atoms with Gasteiger partial charge in [0.25, 0.3) is 0 Å². The number of ether oxygens (including phenoxy) is 3. The summed E-state index contributed by atoms with van der Waals surface area (Å²) in [5, 5.41) is 6.13. The van der Waals surface area contributed by atoms with Crippen molar-refractivity contribution in [3.63, 3.8) is 0 Å². The number of methoxy groups -OCH3 is 2. The summed E-state index contributed by atoms with van der Waals surface area (Å²) in [6.07, 6.45) is 2.57. The standard InChI is InChI=1S/C22H28N2O4/c1-15(22(25)24-20-12-19(26-2)9-10-21(20)27-3)23-18-6-4-5-17(11-18)14-28-13-16-7-8-16/h4-6,9-12,15-16,23H,7-8,13-14H2,1-3H3,(H,24,25). The highest BCUT2D eigenvalue weighted by molar-refractivity contribution is 5.97. The predicted octanol–water partition coefficient (Wildman–Crippen LogP) is 4.07. The molecule has 1 amide bonds. The molecule has 0 heterocycles. The molecule has 1 aliphatic rings. The van der Waals surface area contributed by atoms with Gasteiger partial charge < -0.3 is 24.8 Å². The van der Waals surface area contributed by atoms with Gasteiger partial charge in [-0.25, -0.2) is 0 Å². The average Bonchev–Trinajstić information content (AvgIpc) is 3.52. The monoisotopic (exact) mass is 384 g/mol. The van der Waals surface area contributed by atoms with Crippen molar-refractivity contribution < 1.29 is 19.0 Å². The van der Waals surface area contributed by atoms with E-state index in [1.54, 1.807) is 32.4 Å². The van der Waals surface area contributed by atoms with Crippen LogP contribution in [0.5, 0.6) is 11.5 Å². The van der Waals surface area contributed by atoms with Gasteiger partial charge in [-0.3, -0.25) is 4.79 Å². The second kappa shape index (κ2) is 9.46. The third kappa shape index (κ3) is 5.63. The summed E-state index contributed by atoms with van der Waals surface area (Å²) >= 11 is 0. The SMILES string of the molecule is COc1ccc(OC)c(NC(=O)C(C)Nc2cccc(COCC3CC3)c2)c1. The number of hydrogen-bond donors (Lipinski definition) is 2. The van der Waals surface area contributed by atoms with Crippen molar-refractivity contribution in [2.45, 2.75) is 32.4 Å². The van der Waals surface area contributed by atoms with E-state index in [1.165, 1.54) is 12.8 Å². The number of rotatable bonds is 10. The van der Waals surface area contributed by atoms with E-state index in [9.17, 15) is 4.79 Å². The fourth-order valence-corrected chi connectivity index (χ4v) is 2.85. The Morgan fingerprint density at radius 3 is 2.68 bits per heavy atom. The zero-order valence-corrected chi connectivity index (χ0v) is 16.7. The third-order valence-corrected chi connectivity index (χ3v) is 4.69. The van der Waals surface area contributed by atoms with Gasteiger partial charge in [0.15, 0.2) is 0 Å². The normalized spacial score (nSPS) is 14.2. The van der Waals surface area contributed by atoms with Gasteiger partial charge in [-0.2, -0.15) is 0 Å². The van der Waals surface area contributed by atoms with Crippen LogP contribution in [0.2, 0.25) is 0 Å². The fourth-order valence-electron chi connectivity index (χ4n) is 2.85. The highest BCUT2D eigenvalue weighted by atomic mass is 16.5. The molecule has 6 nitrogen and oxygen atoms in total. The van der Waals surface area contributed by atoms with Crippen molar-refractivity contribution in [1.29, 1.82) is 0 Å². The summed E-state index contributed by atoms with van der Waals surface area (Å²) in [6.45, 7) is 3.24. The van der Waals surface area contributed by atoms with E-state index in [-0.39, 0.29) is 5.91 Å². The molecule has 0 radical (unpaired) electrons. The van der Waals surface area contributed by atoms with Gasteiger partial charge in [-0.1, -0.05) is 12.1 Å².